The van der Waals surface area contributed by atoms with E-state index < -0.39 is 5.60 Å². The van der Waals surface area contributed by atoms with Crippen molar-refractivity contribution in [2.45, 2.75) is 32.3 Å². The van der Waals surface area contributed by atoms with Gasteiger partial charge in [-0.15, -0.1) is 0 Å². The van der Waals surface area contributed by atoms with Crippen LogP contribution < -0.4 is 5.32 Å². The predicted octanol–water partition coefficient (Wildman–Crippen LogP) is 2.18. The van der Waals surface area contributed by atoms with Crippen LogP contribution in [0.5, 0.6) is 0 Å². The zero-order valence-corrected chi connectivity index (χ0v) is 9.13. The van der Waals surface area contributed by atoms with Crippen LogP contribution in [0.1, 0.15) is 26.7 Å². The maximum atomic E-state index is 12.5. The lowest BCUT2D eigenvalue weighted by Gasteiger charge is -2.23. The van der Waals surface area contributed by atoms with E-state index >= 15 is 0 Å². The highest BCUT2D eigenvalue weighted by Gasteiger charge is 2.18. The molecule has 1 aromatic heterocycles. The molecule has 0 amide bonds. The smallest absolute Gasteiger partial charge is 0.141 e. The van der Waals surface area contributed by atoms with E-state index in [0.29, 0.717) is 12.4 Å². The Bertz CT molecular complexity index is 298. The molecular weight excluding hydrogens is 195 g/mol. The molecule has 4 heteroatoms. The number of aliphatic hydroxyl groups is 1. The van der Waals surface area contributed by atoms with Crippen LogP contribution in [0.3, 0.4) is 0 Å². The van der Waals surface area contributed by atoms with Crippen molar-refractivity contribution < 1.29 is 9.50 Å². The molecule has 15 heavy (non-hydrogen) atoms. The summed E-state index contributed by atoms with van der Waals surface area (Å²) in [5.41, 5.74) is -0.745. The first kappa shape index (κ1) is 11.9. The fourth-order valence-corrected chi connectivity index (χ4v) is 1.39. The molecule has 1 aromatic rings. The summed E-state index contributed by atoms with van der Waals surface area (Å²) in [5.74, 6) is 0.216. The fraction of sp³-hybridized carbons (Fsp3) is 0.545. The second-order valence-electron chi connectivity index (χ2n) is 3.96. The number of anilines is 1. The summed E-state index contributed by atoms with van der Waals surface area (Å²) in [6, 6.07) is 2.89. The average Bonchev–Trinajstić information content (AvgIpc) is 2.17. The normalized spacial score (nSPS) is 14.7. The molecule has 0 saturated heterocycles. The van der Waals surface area contributed by atoms with E-state index in [1.807, 2.05) is 6.92 Å². The zero-order chi connectivity index (χ0) is 11.3. The fourth-order valence-electron chi connectivity index (χ4n) is 1.39. The van der Waals surface area contributed by atoms with Crippen molar-refractivity contribution >= 4 is 5.82 Å². The van der Waals surface area contributed by atoms with Crippen molar-refractivity contribution in [1.82, 2.24) is 4.98 Å². The zero-order valence-electron chi connectivity index (χ0n) is 9.13. The van der Waals surface area contributed by atoms with E-state index in [-0.39, 0.29) is 5.82 Å². The highest BCUT2D eigenvalue weighted by molar-refractivity contribution is 5.33. The van der Waals surface area contributed by atoms with Crippen LogP contribution >= 0.6 is 0 Å². The lowest BCUT2D eigenvalue weighted by molar-refractivity contribution is 0.0636. The molecule has 0 aliphatic rings. The molecule has 0 spiro atoms. The highest BCUT2D eigenvalue weighted by atomic mass is 19.1. The van der Waals surface area contributed by atoms with E-state index in [4.69, 9.17) is 0 Å². The summed E-state index contributed by atoms with van der Waals surface area (Å²) in [5, 5.41) is 12.8. The van der Waals surface area contributed by atoms with Gasteiger partial charge in [-0.3, -0.25) is 0 Å². The third kappa shape index (κ3) is 4.25. The molecule has 0 fully saturated rings. The van der Waals surface area contributed by atoms with Gasteiger partial charge in [0.2, 0.25) is 0 Å². The molecule has 0 bridgehead atoms. The van der Waals surface area contributed by atoms with Gasteiger partial charge >= 0.3 is 0 Å². The first-order chi connectivity index (χ1) is 7.03. The topological polar surface area (TPSA) is 45.1 Å². The standard InChI is InChI=1S/C11H17FN2O/c1-3-6-11(2,15)8-14-10-5-4-9(12)7-13-10/h4-5,7,15H,3,6,8H2,1-2H3,(H,13,14). The van der Waals surface area contributed by atoms with Crippen LogP contribution in [-0.2, 0) is 0 Å². The molecule has 0 aliphatic heterocycles. The number of hydrogen-bond acceptors (Lipinski definition) is 3. The summed E-state index contributed by atoms with van der Waals surface area (Å²) in [6.07, 6.45) is 2.80. The Hall–Kier alpha value is -1.16. The first-order valence-electron chi connectivity index (χ1n) is 5.11. The van der Waals surface area contributed by atoms with Gasteiger partial charge in [-0.1, -0.05) is 13.3 Å². The number of aromatic nitrogens is 1. The highest BCUT2D eigenvalue weighted by Crippen LogP contribution is 2.13. The molecule has 1 rings (SSSR count). The van der Waals surface area contributed by atoms with Crippen LogP contribution in [0.15, 0.2) is 18.3 Å². The third-order valence-corrected chi connectivity index (χ3v) is 2.17. The Morgan fingerprint density at radius 1 is 1.53 bits per heavy atom. The minimum Gasteiger partial charge on any atom is -0.388 e. The van der Waals surface area contributed by atoms with E-state index in [2.05, 4.69) is 10.3 Å². The van der Waals surface area contributed by atoms with Crippen LogP contribution in [0.25, 0.3) is 0 Å². The molecular formula is C11H17FN2O. The number of nitrogens with one attached hydrogen (secondary N) is 1. The molecule has 1 heterocycles. The summed E-state index contributed by atoms with van der Waals surface area (Å²) in [6.45, 7) is 4.21. The number of pyridine rings is 1. The van der Waals surface area contributed by atoms with Crippen LogP contribution in [0.4, 0.5) is 10.2 Å². The number of nitrogens with zero attached hydrogens (tertiary/aromatic N) is 1. The monoisotopic (exact) mass is 212 g/mol. The van der Waals surface area contributed by atoms with Gasteiger partial charge < -0.3 is 10.4 Å². The lowest BCUT2D eigenvalue weighted by Crippen LogP contribution is -2.33. The van der Waals surface area contributed by atoms with Crippen molar-refractivity contribution in [3.63, 3.8) is 0 Å². The SMILES string of the molecule is CCCC(C)(O)CNc1ccc(F)cn1. The van der Waals surface area contributed by atoms with Crippen molar-refractivity contribution in [2.75, 3.05) is 11.9 Å². The minimum atomic E-state index is -0.745. The Morgan fingerprint density at radius 2 is 2.27 bits per heavy atom. The summed E-state index contributed by atoms with van der Waals surface area (Å²) >= 11 is 0. The molecule has 84 valence electrons. The van der Waals surface area contributed by atoms with E-state index in [1.54, 1.807) is 13.0 Å². The lowest BCUT2D eigenvalue weighted by atomic mass is 10.0. The minimum absolute atomic E-state index is 0.360. The quantitative estimate of drug-likeness (QED) is 0.786. The van der Waals surface area contributed by atoms with Gasteiger partial charge in [0.15, 0.2) is 0 Å². The van der Waals surface area contributed by atoms with Crippen molar-refractivity contribution in [1.29, 1.82) is 0 Å². The second kappa shape index (κ2) is 5.07. The van der Waals surface area contributed by atoms with Gasteiger partial charge in [-0.25, -0.2) is 9.37 Å². The number of halogens is 1. The summed E-state index contributed by atoms with van der Waals surface area (Å²) < 4.78 is 12.5. The van der Waals surface area contributed by atoms with Crippen LogP contribution in [-0.4, -0.2) is 22.2 Å². The molecule has 3 nitrogen and oxygen atoms in total. The number of rotatable bonds is 5. The molecule has 2 N–H and O–H groups in total. The van der Waals surface area contributed by atoms with Crippen LogP contribution in [0, 0.1) is 5.82 Å². The van der Waals surface area contributed by atoms with Crippen molar-refractivity contribution in [3.8, 4) is 0 Å². The van der Waals surface area contributed by atoms with Gasteiger partial charge in [0.1, 0.15) is 11.6 Å². The maximum Gasteiger partial charge on any atom is 0.141 e. The van der Waals surface area contributed by atoms with E-state index in [9.17, 15) is 9.50 Å². The van der Waals surface area contributed by atoms with Gasteiger partial charge in [0, 0.05) is 6.54 Å². The van der Waals surface area contributed by atoms with E-state index in [0.717, 1.165) is 19.0 Å². The Kier molecular flexibility index (Phi) is 4.03. The Labute approximate surface area is 89.4 Å². The van der Waals surface area contributed by atoms with Gasteiger partial charge in [0.05, 0.1) is 11.8 Å². The number of hydrogen-bond donors (Lipinski definition) is 2. The Morgan fingerprint density at radius 3 is 2.80 bits per heavy atom. The first-order valence-corrected chi connectivity index (χ1v) is 5.11. The maximum absolute atomic E-state index is 12.5. The van der Waals surface area contributed by atoms with Gasteiger partial charge in [-0.2, -0.15) is 0 Å². The van der Waals surface area contributed by atoms with Crippen molar-refractivity contribution in [3.05, 3.63) is 24.1 Å². The molecule has 0 radical (unpaired) electrons. The predicted molar refractivity (Wildman–Crippen MR) is 58.2 cm³/mol. The van der Waals surface area contributed by atoms with Gasteiger partial charge in [-0.05, 0) is 25.5 Å². The van der Waals surface area contributed by atoms with Crippen molar-refractivity contribution in [2.24, 2.45) is 0 Å². The largest absolute Gasteiger partial charge is 0.388 e. The molecule has 0 saturated carbocycles. The average molecular weight is 212 g/mol. The van der Waals surface area contributed by atoms with E-state index in [1.165, 1.54) is 6.07 Å². The van der Waals surface area contributed by atoms with Gasteiger partial charge in [0.25, 0.3) is 0 Å². The second-order valence-corrected chi connectivity index (χ2v) is 3.96. The molecule has 0 aliphatic carbocycles. The summed E-state index contributed by atoms with van der Waals surface area (Å²) in [7, 11) is 0. The Balaban J connectivity index is 2.46. The molecule has 0 aromatic carbocycles. The molecule has 1 unspecified atom stereocenters. The molecule has 1 atom stereocenters. The summed E-state index contributed by atoms with van der Waals surface area (Å²) in [4.78, 5) is 3.84. The van der Waals surface area contributed by atoms with Crippen LogP contribution in [0.2, 0.25) is 0 Å². The third-order valence-electron chi connectivity index (χ3n) is 2.17.